The first-order valence-electron chi connectivity index (χ1n) is 9.19. The van der Waals surface area contributed by atoms with Gasteiger partial charge in [0.1, 0.15) is 17.1 Å². The van der Waals surface area contributed by atoms with E-state index < -0.39 is 23.8 Å². The van der Waals surface area contributed by atoms with Crippen molar-refractivity contribution in [3.8, 4) is 11.5 Å². The van der Waals surface area contributed by atoms with Crippen LogP contribution in [0.4, 0.5) is 13.2 Å². The molecule has 29 heavy (non-hydrogen) atoms. The van der Waals surface area contributed by atoms with Gasteiger partial charge in [-0.25, -0.2) is 9.37 Å². The highest BCUT2D eigenvalue weighted by molar-refractivity contribution is 5.92. The van der Waals surface area contributed by atoms with E-state index in [1.165, 1.54) is 0 Å². The van der Waals surface area contributed by atoms with Crippen molar-refractivity contribution in [2.24, 2.45) is 0 Å². The number of ether oxygens (including phenoxy) is 1. The fraction of sp³-hybridized carbons (Fsp3) is 0.318. The lowest BCUT2D eigenvalue weighted by molar-refractivity contribution is -0.0494. The average molecular weight is 404 g/mol. The molecule has 153 valence electrons. The normalized spacial score (nSPS) is 12.0. The van der Waals surface area contributed by atoms with E-state index in [0.717, 1.165) is 17.7 Å². The fourth-order valence-corrected chi connectivity index (χ4v) is 3.29. The van der Waals surface area contributed by atoms with Crippen LogP contribution in [0.25, 0.3) is 10.9 Å². The van der Waals surface area contributed by atoms with Gasteiger partial charge in [0.05, 0.1) is 11.0 Å². The van der Waals surface area contributed by atoms with Crippen LogP contribution in [-0.2, 0) is 23.5 Å². The van der Waals surface area contributed by atoms with Crippen molar-refractivity contribution in [2.75, 3.05) is 0 Å². The second kappa shape index (κ2) is 7.91. The van der Waals surface area contributed by atoms with Gasteiger partial charge in [0, 0.05) is 17.7 Å². The number of aryl methyl sites for hydroxylation is 1. The fourth-order valence-electron chi connectivity index (χ4n) is 3.29. The highest BCUT2D eigenvalue weighted by Gasteiger charge is 2.24. The Bertz CT molecular complexity index is 1030. The van der Waals surface area contributed by atoms with Crippen LogP contribution in [0.3, 0.4) is 0 Å². The van der Waals surface area contributed by atoms with Crippen LogP contribution in [0.5, 0.6) is 11.5 Å². The van der Waals surface area contributed by atoms with E-state index in [1.807, 2.05) is 0 Å². The van der Waals surface area contributed by atoms with Crippen molar-refractivity contribution in [2.45, 2.75) is 45.8 Å². The Balaban J connectivity index is 2.18. The highest BCUT2D eigenvalue weighted by atomic mass is 19.3. The molecule has 0 amide bonds. The number of nitrogens with zero attached hydrogens (tertiary/aromatic N) is 1. The van der Waals surface area contributed by atoms with Gasteiger partial charge in [0.2, 0.25) is 0 Å². The molecular formula is C22H21F3NO3. The van der Waals surface area contributed by atoms with Gasteiger partial charge >= 0.3 is 6.61 Å². The van der Waals surface area contributed by atoms with E-state index in [-0.39, 0.29) is 23.1 Å². The zero-order valence-corrected chi connectivity index (χ0v) is 16.3. The van der Waals surface area contributed by atoms with Crippen LogP contribution < -0.4 is 4.74 Å². The van der Waals surface area contributed by atoms with Gasteiger partial charge in [0.25, 0.3) is 0 Å². The molecule has 1 heterocycles. The monoisotopic (exact) mass is 404 g/mol. The molecule has 3 rings (SSSR count). The standard InChI is InChI=1S/C22H21F3NO3/c1-4-16-14(11-12-5-7-13(8-6-12)22(2,3)28)20(29-21(24)25)18-17(27)10-9-15(23)19(18)26-16/h5-10,21,28H,4,11H2,1-3H3. The van der Waals surface area contributed by atoms with Crippen molar-refractivity contribution >= 4 is 10.9 Å². The summed E-state index contributed by atoms with van der Waals surface area (Å²) in [4.78, 5) is 4.24. The van der Waals surface area contributed by atoms with Crippen LogP contribution in [-0.4, -0.2) is 16.7 Å². The van der Waals surface area contributed by atoms with E-state index in [9.17, 15) is 23.4 Å². The molecule has 0 aliphatic rings. The van der Waals surface area contributed by atoms with Crippen LogP contribution in [0.2, 0.25) is 0 Å². The summed E-state index contributed by atoms with van der Waals surface area (Å²) in [5.74, 6) is -1.74. The topological polar surface area (TPSA) is 62.2 Å². The van der Waals surface area contributed by atoms with Crippen LogP contribution in [0.15, 0.2) is 36.4 Å². The molecule has 0 saturated carbocycles. The smallest absolute Gasteiger partial charge is 0.387 e. The number of aliphatic hydroxyl groups is 1. The molecule has 7 heteroatoms. The summed E-state index contributed by atoms with van der Waals surface area (Å²) in [6, 6.07) is 8.94. The lowest BCUT2D eigenvalue weighted by Gasteiger charge is -2.19. The lowest BCUT2D eigenvalue weighted by Crippen LogP contribution is -2.15. The van der Waals surface area contributed by atoms with Crippen LogP contribution >= 0.6 is 0 Å². The average Bonchev–Trinajstić information content (AvgIpc) is 2.65. The Morgan fingerprint density at radius 1 is 1.14 bits per heavy atom. The number of halogens is 3. The Hall–Kier alpha value is -2.80. The Morgan fingerprint density at radius 2 is 1.79 bits per heavy atom. The van der Waals surface area contributed by atoms with Crippen molar-refractivity contribution in [3.63, 3.8) is 0 Å². The maximum absolute atomic E-state index is 14.2. The summed E-state index contributed by atoms with van der Waals surface area (Å²) < 4.78 is 45.3. The van der Waals surface area contributed by atoms with Gasteiger partial charge < -0.3 is 9.84 Å². The quantitative estimate of drug-likeness (QED) is 0.590. The van der Waals surface area contributed by atoms with Crippen molar-refractivity contribution in [3.05, 3.63) is 64.6 Å². The van der Waals surface area contributed by atoms with Crippen molar-refractivity contribution < 1.29 is 28.1 Å². The molecule has 1 N–H and O–H groups in total. The number of fused-ring (bicyclic) bond motifs is 1. The maximum Gasteiger partial charge on any atom is 0.387 e. The number of hydrogen-bond acceptors (Lipinski definition) is 3. The summed E-state index contributed by atoms with van der Waals surface area (Å²) in [7, 11) is 0. The van der Waals surface area contributed by atoms with E-state index in [0.29, 0.717) is 23.2 Å². The maximum atomic E-state index is 14.2. The van der Waals surface area contributed by atoms with E-state index in [4.69, 9.17) is 4.74 Å². The Kier molecular flexibility index (Phi) is 5.71. The first kappa shape index (κ1) is 20.9. The predicted molar refractivity (Wildman–Crippen MR) is 102 cm³/mol. The third kappa shape index (κ3) is 4.29. The van der Waals surface area contributed by atoms with Gasteiger partial charge in [-0.05, 0) is 43.5 Å². The van der Waals surface area contributed by atoms with Gasteiger partial charge in [-0.15, -0.1) is 0 Å². The summed E-state index contributed by atoms with van der Waals surface area (Å²) in [6.45, 7) is 1.90. The minimum absolute atomic E-state index is 0.163. The van der Waals surface area contributed by atoms with Gasteiger partial charge in [0.15, 0.2) is 5.75 Å². The Labute approximate surface area is 166 Å². The molecule has 0 bridgehead atoms. The molecule has 0 fully saturated rings. The third-order valence-electron chi connectivity index (χ3n) is 4.77. The van der Waals surface area contributed by atoms with E-state index in [1.54, 1.807) is 45.0 Å². The zero-order valence-electron chi connectivity index (χ0n) is 16.3. The molecule has 4 nitrogen and oxygen atoms in total. The third-order valence-corrected chi connectivity index (χ3v) is 4.77. The van der Waals surface area contributed by atoms with E-state index >= 15 is 0 Å². The summed E-state index contributed by atoms with van der Waals surface area (Å²) in [5.41, 5.74) is 0.851. The molecule has 0 atom stereocenters. The van der Waals surface area contributed by atoms with Gasteiger partial charge in [-0.3, -0.25) is 5.11 Å². The SMILES string of the molecule is CCc1nc2c(F)ccc([O])c2c(OC(F)F)c1Cc1ccc(C(C)(C)O)cc1. The van der Waals surface area contributed by atoms with Crippen molar-refractivity contribution in [1.29, 1.82) is 0 Å². The summed E-state index contributed by atoms with van der Waals surface area (Å²) in [5, 5.41) is 22.1. The predicted octanol–water partition coefficient (Wildman–Crippen LogP) is 5.50. The molecule has 0 spiro atoms. The molecule has 3 aromatic rings. The Morgan fingerprint density at radius 3 is 2.34 bits per heavy atom. The molecule has 1 aromatic heterocycles. The highest BCUT2D eigenvalue weighted by Crippen LogP contribution is 2.40. The van der Waals surface area contributed by atoms with Crippen LogP contribution in [0.1, 0.15) is 43.2 Å². The number of benzene rings is 2. The number of aromatic nitrogens is 1. The minimum Gasteiger partial charge on any atom is -0.434 e. The van der Waals surface area contributed by atoms with Gasteiger partial charge in [-0.1, -0.05) is 31.2 Å². The second-order valence-corrected chi connectivity index (χ2v) is 7.30. The molecule has 2 aromatic carbocycles. The second-order valence-electron chi connectivity index (χ2n) is 7.30. The lowest BCUT2D eigenvalue weighted by atomic mass is 9.94. The largest absolute Gasteiger partial charge is 0.434 e. The number of alkyl halides is 2. The molecule has 0 saturated heterocycles. The first-order valence-corrected chi connectivity index (χ1v) is 9.19. The van der Waals surface area contributed by atoms with Crippen molar-refractivity contribution in [1.82, 2.24) is 4.98 Å². The zero-order chi connectivity index (χ0) is 21.3. The number of pyridine rings is 1. The molecule has 0 unspecified atom stereocenters. The van der Waals surface area contributed by atoms with Crippen LogP contribution in [0, 0.1) is 5.82 Å². The molecule has 1 radical (unpaired) electrons. The number of rotatable bonds is 6. The molecular weight excluding hydrogens is 383 g/mol. The van der Waals surface area contributed by atoms with Gasteiger partial charge in [-0.2, -0.15) is 8.78 Å². The summed E-state index contributed by atoms with van der Waals surface area (Å²) >= 11 is 0. The molecule has 0 aliphatic heterocycles. The van der Waals surface area contributed by atoms with E-state index in [2.05, 4.69) is 4.98 Å². The molecule has 0 aliphatic carbocycles. The number of hydrogen-bond donors (Lipinski definition) is 1. The first-order chi connectivity index (χ1) is 13.6. The minimum atomic E-state index is -3.18. The summed E-state index contributed by atoms with van der Waals surface area (Å²) in [6.07, 6.45) is 0.505.